The van der Waals surface area contributed by atoms with Gasteiger partial charge in [-0.3, -0.25) is 14.8 Å². The van der Waals surface area contributed by atoms with Crippen molar-refractivity contribution in [2.45, 2.75) is 20.4 Å². The summed E-state index contributed by atoms with van der Waals surface area (Å²) >= 11 is 0. The normalized spacial score (nSPS) is 14.4. The van der Waals surface area contributed by atoms with Crippen molar-refractivity contribution in [2.75, 3.05) is 40.3 Å². The number of nitrogens with one attached hydrogen (secondary N) is 1. The number of aromatic nitrogens is 1. The Hall–Kier alpha value is -2.30. The summed E-state index contributed by atoms with van der Waals surface area (Å²) in [5.74, 6) is 1.97. The van der Waals surface area contributed by atoms with Crippen LogP contribution in [0.2, 0.25) is 0 Å². The molecule has 3 heterocycles. The Labute approximate surface area is 188 Å². The van der Waals surface area contributed by atoms with E-state index >= 15 is 0 Å². The van der Waals surface area contributed by atoms with E-state index in [1.54, 1.807) is 31.2 Å². The molecular formula is C20H28IN5O3. The zero-order chi connectivity index (χ0) is 20.1. The lowest BCUT2D eigenvalue weighted by atomic mass is 10.1. The molecule has 0 spiro atoms. The van der Waals surface area contributed by atoms with Gasteiger partial charge in [0.15, 0.2) is 11.7 Å². The molecule has 0 atom stereocenters. The Balaban J connectivity index is 0.00000300. The van der Waals surface area contributed by atoms with Gasteiger partial charge in [0.05, 0.1) is 25.6 Å². The van der Waals surface area contributed by atoms with Crippen molar-refractivity contribution >= 4 is 35.8 Å². The molecule has 0 saturated carbocycles. The molecule has 0 aromatic carbocycles. The van der Waals surface area contributed by atoms with Crippen molar-refractivity contribution in [3.63, 3.8) is 0 Å². The molecule has 158 valence electrons. The van der Waals surface area contributed by atoms with Crippen molar-refractivity contribution in [3.8, 4) is 5.75 Å². The summed E-state index contributed by atoms with van der Waals surface area (Å²) in [6, 6.07) is 3.42. The van der Waals surface area contributed by atoms with Gasteiger partial charge in [-0.2, -0.15) is 0 Å². The molecule has 29 heavy (non-hydrogen) atoms. The summed E-state index contributed by atoms with van der Waals surface area (Å²) < 4.78 is 10.7. The maximum absolute atomic E-state index is 12.4. The number of hydrogen-bond acceptors (Lipinski definition) is 5. The van der Waals surface area contributed by atoms with Crippen LogP contribution in [0.3, 0.4) is 0 Å². The van der Waals surface area contributed by atoms with Gasteiger partial charge >= 0.3 is 0 Å². The van der Waals surface area contributed by atoms with Gasteiger partial charge in [-0.25, -0.2) is 0 Å². The van der Waals surface area contributed by atoms with Crippen LogP contribution < -0.4 is 10.1 Å². The van der Waals surface area contributed by atoms with Crippen LogP contribution in [-0.4, -0.2) is 67.0 Å². The molecule has 1 fully saturated rings. The summed E-state index contributed by atoms with van der Waals surface area (Å²) in [5, 5.41) is 3.37. The second-order valence-electron chi connectivity index (χ2n) is 6.70. The Kier molecular flexibility index (Phi) is 8.30. The molecule has 2 aromatic heterocycles. The standard InChI is InChI=1S/C20H27N5O3.HI/c1-14-12-22-16(15(2)18(14)27-4)13-23-20(21-3)25-9-7-24(8-10-25)19(26)17-6-5-11-28-17;/h5-6,11-12H,7-10,13H2,1-4H3,(H,21,23);1H. The van der Waals surface area contributed by atoms with Crippen molar-refractivity contribution in [1.29, 1.82) is 0 Å². The summed E-state index contributed by atoms with van der Waals surface area (Å²) in [6.45, 7) is 7.20. The number of halogens is 1. The van der Waals surface area contributed by atoms with Gasteiger partial charge in [-0.1, -0.05) is 0 Å². The van der Waals surface area contributed by atoms with Gasteiger partial charge in [-0.15, -0.1) is 24.0 Å². The highest BCUT2D eigenvalue weighted by atomic mass is 127. The fourth-order valence-corrected chi connectivity index (χ4v) is 3.42. The van der Waals surface area contributed by atoms with Gasteiger partial charge in [0.25, 0.3) is 5.91 Å². The van der Waals surface area contributed by atoms with Crippen LogP contribution in [0.15, 0.2) is 34.0 Å². The topological polar surface area (TPSA) is 83.2 Å². The number of rotatable bonds is 4. The smallest absolute Gasteiger partial charge is 0.289 e. The highest BCUT2D eigenvalue weighted by Gasteiger charge is 2.25. The number of furan rings is 1. The number of guanidine groups is 1. The first-order valence-electron chi connectivity index (χ1n) is 9.32. The van der Waals surface area contributed by atoms with E-state index in [4.69, 9.17) is 9.15 Å². The third kappa shape index (κ3) is 5.20. The van der Waals surface area contributed by atoms with Crippen molar-refractivity contribution in [1.82, 2.24) is 20.1 Å². The zero-order valence-electron chi connectivity index (χ0n) is 17.3. The summed E-state index contributed by atoms with van der Waals surface area (Å²) in [7, 11) is 3.44. The van der Waals surface area contributed by atoms with Crippen LogP contribution in [0, 0.1) is 13.8 Å². The van der Waals surface area contributed by atoms with E-state index in [0.29, 0.717) is 38.5 Å². The van der Waals surface area contributed by atoms with Crippen LogP contribution >= 0.6 is 24.0 Å². The van der Waals surface area contributed by atoms with Crippen molar-refractivity contribution in [3.05, 3.63) is 47.2 Å². The Morgan fingerprint density at radius 1 is 1.28 bits per heavy atom. The molecule has 3 rings (SSSR count). The minimum atomic E-state index is -0.0702. The van der Waals surface area contributed by atoms with Gasteiger partial charge in [0.2, 0.25) is 0 Å². The Morgan fingerprint density at radius 2 is 1.97 bits per heavy atom. The van der Waals surface area contributed by atoms with Crippen LogP contribution in [0.1, 0.15) is 27.4 Å². The van der Waals surface area contributed by atoms with Crippen LogP contribution in [0.4, 0.5) is 0 Å². The van der Waals surface area contributed by atoms with E-state index in [9.17, 15) is 4.79 Å². The second-order valence-corrected chi connectivity index (χ2v) is 6.70. The number of piperazine rings is 1. The molecule has 9 heteroatoms. The number of ether oxygens (including phenoxy) is 1. The highest BCUT2D eigenvalue weighted by molar-refractivity contribution is 14.0. The number of nitrogens with zero attached hydrogens (tertiary/aromatic N) is 4. The quantitative estimate of drug-likeness (QED) is 0.385. The van der Waals surface area contributed by atoms with Gasteiger partial charge in [-0.05, 0) is 26.0 Å². The lowest BCUT2D eigenvalue weighted by molar-refractivity contribution is 0.0657. The Bertz CT molecular complexity index is 846. The maximum atomic E-state index is 12.4. The fraction of sp³-hybridized carbons (Fsp3) is 0.450. The minimum absolute atomic E-state index is 0. The summed E-state index contributed by atoms with van der Waals surface area (Å²) in [6.07, 6.45) is 3.34. The number of carbonyl (C=O) groups is 1. The monoisotopic (exact) mass is 513 g/mol. The first-order chi connectivity index (χ1) is 13.5. The van der Waals surface area contributed by atoms with Crippen LogP contribution in [0.25, 0.3) is 0 Å². The lowest BCUT2D eigenvalue weighted by Gasteiger charge is -2.36. The van der Waals surface area contributed by atoms with E-state index in [2.05, 4.69) is 20.2 Å². The number of carbonyl (C=O) groups excluding carboxylic acids is 1. The molecule has 1 aliphatic rings. The fourth-order valence-electron chi connectivity index (χ4n) is 3.42. The molecule has 2 aromatic rings. The van der Waals surface area contributed by atoms with E-state index in [0.717, 1.165) is 28.5 Å². The lowest BCUT2D eigenvalue weighted by Crippen LogP contribution is -2.53. The first kappa shape index (κ1) is 23.0. The van der Waals surface area contributed by atoms with Gasteiger partial charge < -0.3 is 24.3 Å². The predicted octanol–water partition coefficient (Wildman–Crippen LogP) is 2.45. The molecular weight excluding hydrogens is 485 g/mol. The number of aliphatic imine (C=N–C) groups is 1. The van der Waals surface area contributed by atoms with Gasteiger partial charge in [0.1, 0.15) is 5.75 Å². The number of hydrogen-bond donors (Lipinski definition) is 1. The molecule has 0 radical (unpaired) electrons. The largest absolute Gasteiger partial charge is 0.496 e. The zero-order valence-corrected chi connectivity index (χ0v) is 19.6. The molecule has 0 unspecified atom stereocenters. The number of aryl methyl sites for hydroxylation is 1. The minimum Gasteiger partial charge on any atom is -0.496 e. The summed E-state index contributed by atoms with van der Waals surface area (Å²) in [4.78, 5) is 25.2. The van der Waals surface area contributed by atoms with E-state index in [1.807, 2.05) is 20.0 Å². The van der Waals surface area contributed by atoms with Crippen LogP contribution in [-0.2, 0) is 6.54 Å². The SMILES string of the molecule is CN=C(NCc1ncc(C)c(OC)c1C)N1CCN(C(=O)c2ccco2)CC1.I. The van der Waals surface area contributed by atoms with E-state index in [1.165, 1.54) is 6.26 Å². The van der Waals surface area contributed by atoms with Gasteiger partial charge in [0, 0.05) is 50.6 Å². The number of methoxy groups -OCH3 is 1. The number of pyridine rings is 1. The van der Waals surface area contributed by atoms with Crippen molar-refractivity contribution < 1.29 is 13.9 Å². The molecule has 1 saturated heterocycles. The summed E-state index contributed by atoms with van der Waals surface area (Å²) in [5.41, 5.74) is 2.97. The second kappa shape index (κ2) is 10.5. The maximum Gasteiger partial charge on any atom is 0.289 e. The third-order valence-corrected chi connectivity index (χ3v) is 4.97. The molecule has 1 amide bonds. The van der Waals surface area contributed by atoms with Crippen molar-refractivity contribution in [2.24, 2.45) is 4.99 Å². The van der Waals surface area contributed by atoms with E-state index < -0.39 is 0 Å². The Morgan fingerprint density at radius 3 is 2.55 bits per heavy atom. The average molecular weight is 513 g/mol. The number of amides is 1. The predicted molar refractivity (Wildman–Crippen MR) is 122 cm³/mol. The highest BCUT2D eigenvalue weighted by Crippen LogP contribution is 2.23. The average Bonchev–Trinajstić information content (AvgIpc) is 3.25. The molecule has 8 nitrogen and oxygen atoms in total. The van der Waals surface area contributed by atoms with Crippen LogP contribution in [0.5, 0.6) is 5.75 Å². The molecule has 1 aliphatic heterocycles. The molecule has 0 aliphatic carbocycles. The molecule has 0 bridgehead atoms. The first-order valence-corrected chi connectivity index (χ1v) is 9.32. The molecule has 1 N–H and O–H groups in total. The third-order valence-electron chi connectivity index (χ3n) is 4.97. The van der Waals surface area contributed by atoms with E-state index in [-0.39, 0.29) is 29.9 Å².